The summed E-state index contributed by atoms with van der Waals surface area (Å²) in [5.74, 6) is 1.36. The van der Waals surface area contributed by atoms with Crippen LogP contribution in [0.25, 0.3) is 22.0 Å². The number of pyridine rings is 2. The van der Waals surface area contributed by atoms with Crippen molar-refractivity contribution < 1.29 is 9.47 Å². The summed E-state index contributed by atoms with van der Waals surface area (Å²) in [6.45, 7) is 6.78. The zero-order valence-electron chi connectivity index (χ0n) is 19.5. The van der Waals surface area contributed by atoms with Crippen molar-refractivity contribution >= 4 is 28.2 Å². The quantitative estimate of drug-likeness (QED) is 0.371. The molecule has 0 amide bonds. The first-order valence-electron chi connectivity index (χ1n) is 11.5. The van der Waals surface area contributed by atoms with Crippen molar-refractivity contribution in [3.63, 3.8) is 0 Å². The summed E-state index contributed by atoms with van der Waals surface area (Å²) in [5.41, 5.74) is 8.52. The predicted molar refractivity (Wildman–Crippen MR) is 135 cm³/mol. The average molecular weight is 474 g/mol. The molecule has 0 saturated carbocycles. The number of anilines is 3. The van der Waals surface area contributed by atoms with Crippen LogP contribution in [0.5, 0.6) is 5.75 Å². The van der Waals surface area contributed by atoms with Crippen LogP contribution in [0.4, 0.5) is 17.5 Å². The zero-order valence-corrected chi connectivity index (χ0v) is 19.5. The summed E-state index contributed by atoms with van der Waals surface area (Å²) in [7, 11) is 0. The van der Waals surface area contributed by atoms with E-state index in [4.69, 9.17) is 20.2 Å². The molecule has 1 aromatic carbocycles. The van der Waals surface area contributed by atoms with E-state index in [0.29, 0.717) is 29.1 Å². The monoisotopic (exact) mass is 473 g/mol. The van der Waals surface area contributed by atoms with Crippen LogP contribution in [0.3, 0.4) is 0 Å². The largest absolute Gasteiger partial charge is 0.492 e. The van der Waals surface area contributed by atoms with Gasteiger partial charge in [-0.3, -0.25) is 9.69 Å². The number of nitrogen functional groups attached to an aromatic ring is 1. The molecule has 180 valence electrons. The lowest BCUT2D eigenvalue weighted by Gasteiger charge is -2.26. The van der Waals surface area contributed by atoms with Gasteiger partial charge in [0, 0.05) is 55.5 Å². The van der Waals surface area contributed by atoms with Gasteiger partial charge < -0.3 is 25.5 Å². The van der Waals surface area contributed by atoms with Crippen LogP contribution in [0.1, 0.15) is 5.56 Å². The maximum Gasteiger partial charge on any atom is 0.259 e. The van der Waals surface area contributed by atoms with Crippen molar-refractivity contribution in [3.05, 3.63) is 64.8 Å². The molecule has 4 aromatic rings. The maximum absolute atomic E-state index is 12.7. The number of ether oxygens (including phenoxy) is 2. The van der Waals surface area contributed by atoms with Crippen LogP contribution < -0.4 is 21.3 Å². The number of nitrogens with zero attached hydrogens (tertiary/aromatic N) is 4. The van der Waals surface area contributed by atoms with Crippen LogP contribution in [-0.4, -0.2) is 64.3 Å². The molecule has 4 N–H and O–H groups in total. The van der Waals surface area contributed by atoms with Gasteiger partial charge in [0.1, 0.15) is 18.2 Å². The second-order valence-corrected chi connectivity index (χ2v) is 8.36. The number of aromatic amines is 1. The summed E-state index contributed by atoms with van der Waals surface area (Å²) >= 11 is 0. The topological polar surface area (TPSA) is 131 Å². The summed E-state index contributed by atoms with van der Waals surface area (Å²) in [6, 6.07) is 9.53. The minimum absolute atomic E-state index is 0.186. The molecule has 1 saturated heterocycles. The molecule has 0 spiro atoms. The Balaban J connectivity index is 1.43. The highest BCUT2D eigenvalue weighted by Crippen LogP contribution is 2.30. The van der Waals surface area contributed by atoms with Gasteiger partial charge in [-0.05, 0) is 36.1 Å². The highest BCUT2D eigenvalue weighted by Gasteiger charge is 2.14. The van der Waals surface area contributed by atoms with E-state index in [1.54, 1.807) is 18.6 Å². The van der Waals surface area contributed by atoms with Crippen LogP contribution in [0.15, 0.2) is 53.7 Å². The fourth-order valence-electron chi connectivity index (χ4n) is 3.99. The van der Waals surface area contributed by atoms with Crippen molar-refractivity contribution in [3.8, 4) is 17.0 Å². The molecule has 5 rings (SSSR count). The van der Waals surface area contributed by atoms with Crippen molar-refractivity contribution in [2.75, 3.05) is 50.5 Å². The third-order valence-corrected chi connectivity index (χ3v) is 5.96. The molecule has 0 bridgehead atoms. The standard InChI is InChI=1S/C25H27N7O3/c1-16-2-3-19(35-11-8-32-6-9-34-10-7-32)13-20(16)30-23-22-17(4-5-27-24(22)33)12-21(31-23)18-14-28-25(26)29-15-18/h2-5,12-15H,6-11H2,1H3,(H,27,33)(H,30,31)(H2,26,28,29). The van der Waals surface area contributed by atoms with E-state index < -0.39 is 0 Å². The van der Waals surface area contributed by atoms with E-state index in [-0.39, 0.29) is 11.5 Å². The van der Waals surface area contributed by atoms with Gasteiger partial charge in [-0.15, -0.1) is 0 Å². The third kappa shape index (κ3) is 5.23. The second-order valence-electron chi connectivity index (χ2n) is 8.36. The predicted octanol–water partition coefficient (Wildman–Crippen LogP) is 2.73. The molecule has 4 heterocycles. The Kier molecular flexibility index (Phi) is 6.55. The van der Waals surface area contributed by atoms with E-state index in [0.717, 1.165) is 55.2 Å². The van der Waals surface area contributed by atoms with Crippen molar-refractivity contribution in [1.29, 1.82) is 0 Å². The lowest BCUT2D eigenvalue weighted by molar-refractivity contribution is 0.0322. The first-order valence-corrected chi connectivity index (χ1v) is 11.5. The number of morpholine rings is 1. The summed E-state index contributed by atoms with van der Waals surface area (Å²) in [5, 5.41) is 4.56. The minimum atomic E-state index is -0.229. The van der Waals surface area contributed by atoms with Crippen LogP contribution >= 0.6 is 0 Å². The fraction of sp³-hybridized carbons (Fsp3) is 0.280. The molecule has 3 aromatic heterocycles. The Morgan fingerprint density at radius 3 is 2.77 bits per heavy atom. The molecule has 10 nitrogen and oxygen atoms in total. The third-order valence-electron chi connectivity index (χ3n) is 5.96. The van der Waals surface area contributed by atoms with E-state index in [1.165, 1.54) is 0 Å². The number of nitrogens with two attached hydrogens (primary N) is 1. The Hall–Kier alpha value is -4.02. The van der Waals surface area contributed by atoms with Crippen LogP contribution in [-0.2, 0) is 4.74 Å². The van der Waals surface area contributed by atoms with Gasteiger partial charge in [0.2, 0.25) is 5.95 Å². The molecular weight excluding hydrogens is 446 g/mol. The molecule has 1 aliphatic rings. The smallest absolute Gasteiger partial charge is 0.259 e. The van der Waals surface area contributed by atoms with E-state index in [1.807, 2.05) is 37.3 Å². The molecule has 1 aliphatic heterocycles. The highest BCUT2D eigenvalue weighted by atomic mass is 16.5. The molecule has 0 unspecified atom stereocenters. The Morgan fingerprint density at radius 2 is 1.97 bits per heavy atom. The summed E-state index contributed by atoms with van der Waals surface area (Å²) in [6.07, 6.45) is 4.84. The molecule has 0 aliphatic carbocycles. The summed E-state index contributed by atoms with van der Waals surface area (Å²) < 4.78 is 11.4. The van der Waals surface area contributed by atoms with E-state index in [2.05, 4.69) is 25.2 Å². The van der Waals surface area contributed by atoms with E-state index in [9.17, 15) is 4.79 Å². The fourth-order valence-corrected chi connectivity index (χ4v) is 3.99. The van der Waals surface area contributed by atoms with Gasteiger partial charge in [-0.1, -0.05) is 6.07 Å². The summed E-state index contributed by atoms with van der Waals surface area (Å²) in [4.78, 5) is 30.6. The minimum Gasteiger partial charge on any atom is -0.492 e. The van der Waals surface area contributed by atoms with Crippen molar-refractivity contribution in [2.45, 2.75) is 6.92 Å². The maximum atomic E-state index is 12.7. The van der Waals surface area contributed by atoms with Gasteiger partial charge in [0.05, 0.1) is 24.3 Å². The molecule has 0 atom stereocenters. The number of nitrogens with one attached hydrogen (secondary N) is 2. The van der Waals surface area contributed by atoms with Crippen LogP contribution in [0, 0.1) is 6.92 Å². The SMILES string of the molecule is Cc1ccc(OCCN2CCOCC2)cc1Nc1nc(-c2cnc(N)nc2)cc2cc[nH]c(=O)c12. The number of H-pyrrole nitrogens is 1. The van der Waals surface area contributed by atoms with Crippen molar-refractivity contribution in [2.24, 2.45) is 0 Å². The number of benzene rings is 1. The normalized spacial score (nSPS) is 14.2. The van der Waals surface area contributed by atoms with Gasteiger partial charge in [-0.2, -0.15) is 0 Å². The molecular formula is C25H27N7O3. The molecule has 10 heteroatoms. The zero-order chi connectivity index (χ0) is 24.2. The first-order chi connectivity index (χ1) is 17.1. The second kappa shape index (κ2) is 10.1. The van der Waals surface area contributed by atoms with Gasteiger partial charge in [0.25, 0.3) is 5.56 Å². The average Bonchev–Trinajstić information content (AvgIpc) is 2.87. The number of aromatic nitrogens is 4. The number of hydrogen-bond acceptors (Lipinski definition) is 9. The van der Waals surface area contributed by atoms with Gasteiger partial charge in [-0.25, -0.2) is 15.0 Å². The number of fused-ring (bicyclic) bond motifs is 1. The van der Waals surface area contributed by atoms with E-state index >= 15 is 0 Å². The molecule has 1 fully saturated rings. The Morgan fingerprint density at radius 1 is 1.17 bits per heavy atom. The number of aryl methyl sites for hydroxylation is 1. The van der Waals surface area contributed by atoms with Crippen molar-refractivity contribution in [1.82, 2.24) is 24.8 Å². The van der Waals surface area contributed by atoms with Gasteiger partial charge >= 0.3 is 0 Å². The first kappa shape index (κ1) is 22.8. The number of rotatable bonds is 7. The van der Waals surface area contributed by atoms with Crippen LogP contribution in [0.2, 0.25) is 0 Å². The Labute approximate surface area is 202 Å². The molecule has 35 heavy (non-hydrogen) atoms. The number of hydrogen-bond donors (Lipinski definition) is 3. The highest BCUT2D eigenvalue weighted by molar-refractivity contribution is 5.95. The molecule has 0 radical (unpaired) electrons. The lowest BCUT2D eigenvalue weighted by atomic mass is 10.1. The van der Waals surface area contributed by atoms with Gasteiger partial charge in [0.15, 0.2) is 0 Å². The lowest BCUT2D eigenvalue weighted by Crippen LogP contribution is -2.38. The Bertz CT molecular complexity index is 1380.